The Bertz CT molecular complexity index is 2640. The van der Waals surface area contributed by atoms with E-state index in [1.165, 1.54) is 41.7 Å². The maximum Gasteiger partial charge on any atom is 0.326 e. The van der Waals surface area contributed by atoms with Crippen molar-refractivity contribution in [3.05, 3.63) is 102 Å². The first-order valence-electron chi connectivity index (χ1n) is 26.2. The SMILES string of the molecule is CC[C@H](C)[C@H](NC(=O)[C@H](Cc1ccc(O)cc1)NC(=O)[C@@H](NC(=O)[C@H](CCCNC(=N)N)NC(=O)[C@@H](N)CC(=O)O)C(C)C)C(=O)N[C@@H](Cc1cnc[nH]1)C(=O)N1CCC[C@H]1C(=O)N[C@@H](Cc1ccccc1)C(=O)O.c1cn[nH]c1. The van der Waals surface area contributed by atoms with E-state index in [9.17, 15) is 53.4 Å². The van der Waals surface area contributed by atoms with Crippen molar-refractivity contribution in [2.45, 2.75) is 134 Å². The molecule has 27 nitrogen and oxygen atoms in total. The van der Waals surface area contributed by atoms with Gasteiger partial charge in [0.1, 0.15) is 48.0 Å². The van der Waals surface area contributed by atoms with Crippen LogP contribution in [0.25, 0.3) is 0 Å². The van der Waals surface area contributed by atoms with Crippen molar-refractivity contribution < 1.29 is 58.5 Å². The molecule has 27 heteroatoms. The molecule has 2 aromatic carbocycles. The summed E-state index contributed by atoms with van der Waals surface area (Å²) in [6, 6.07) is 5.77. The number of hydrogen-bond acceptors (Lipinski definition) is 14. The number of nitrogens with two attached hydrogens (primary N) is 2. The van der Waals surface area contributed by atoms with Gasteiger partial charge in [-0.05, 0) is 66.8 Å². The Hall–Kier alpha value is -8.88. The highest BCUT2D eigenvalue weighted by Crippen LogP contribution is 2.21. The largest absolute Gasteiger partial charge is 0.508 e. The molecular formula is C53H75N15O12. The maximum atomic E-state index is 14.6. The molecule has 1 saturated heterocycles. The monoisotopic (exact) mass is 1110 g/mol. The fraction of sp³-hybridized carbons (Fsp3) is 0.472. The number of phenolic OH excluding ortho intramolecular Hbond substituents is 1. The predicted octanol–water partition coefficient (Wildman–Crippen LogP) is -0.695. The summed E-state index contributed by atoms with van der Waals surface area (Å²) in [4.78, 5) is 130. The highest BCUT2D eigenvalue weighted by atomic mass is 16.4. The number of benzene rings is 2. The molecule has 1 aliphatic heterocycles. The molecule has 9 atom stereocenters. The van der Waals surface area contributed by atoms with E-state index in [0.717, 1.165) is 0 Å². The van der Waals surface area contributed by atoms with Gasteiger partial charge in [-0.15, -0.1) is 0 Å². The number of nitrogens with one attached hydrogen (secondary N) is 10. The fourth-order valence-corrected chi connectivity index (χ4v) is 8.55. The zero-order valence-electron chi connectivity index (χ0n) is 45.1. The van der Waals surface area contributed by atoms with Crippen molar-refractivity contribution in [2.24, 2.45) is 23.3 Å². The summed E-state index contributed by atoms with van der Waals surface area (Å²) < 4.78 is 0. The standard InChI is InChI=1S/C50H71N13O12.C3H4N2/c1-5-28(4)41(47(72)59-36(23-31-25-54-26-56-31)48(73)63-20-10-14-38(63)45(70)60-37(49(74)75)22-29-11-7-6-8-12-29)62-44(69)35(21-30-15-17-32(64)18-16-30)58-46(71)40(27(2)3)61-43(68)34(13-9-19-55-50(52)53)57-42(67)33(51)24-39(65)66;1-2-4-5-3-1/h6-8,11-12,15-18,25-28,33-38,40-41,64H,5,9-10,13-14,19-24,51H2,1-4H3,(H,54,56)(H,57,67)(H,58,71)(H,59,72)(H,60,70)(H,61,68)(H,62,69)(H,65,66)(H,74,75)(H4,52,53,55);1-3H,(H,4,5)/t28-,33-,34-,35-,36-,37-,38-,40-,41-;/m0./s1. The Morgan fingerprint density at radius 2 is 1.39 bits per heavy atom. The third-order valence-electron chi connectivity index (χ3n) is 13.1. The first-order valence-corrected chi connectivity index (χ1v) is 26.2. The summed E-state index contributed by atoms with van der Waals surface area (Å²) in [6.07, 6.45) is 6.39. The Kier molecular flexibility index (Phi) is 25.6. The van der Waals surface area contributed by atoms with E-state index in [2.05, 4.69) is 57.4 Å². The molecule has 434 valence electrons. The normalized spacial score (nSPS) is 15.8. The Morgan fingerprint density at radius 1 is 0.762 bits per heavy atom. The molecule has 0 spiro atoms. The molecule has 80 heavy (non-hydrogen) atoms. The lowest BCUT2D eigenvalue weighted by Gasteiger charge is -2.32. The summed E-state index contributed by atoms with van der Waals surface area (Å²) in [5.74, 6) is -9.79. The van der Waals surface area contributed by atoms with Gasteiger partial charge in [0.05, 0.1) is 18.8 Å². The van der Waals surface area contributed by atoms with Gasteiger partial charge in [0.2, 0.25) is 41.4 Å². The fourth-order valence-electron chi connectivity index (χ4n) is 8.55. The van der Waals surface area contributed by atoms with E-state index in [1.54, 1.807) is 70.4 Å². The van der Waals surface area contributed by atoms with Crippen LogP contribution in [0.15, 0.2) is 85.6 Å². The van der Waals surface area contributed by atoms with E-state index in [1.807, 2.05) is 6.07 Å². The first kappa shape index (κ1) is 63.7. The molecule has 3 heterocycles. The number of aromatic hydroxyl groups is 1. The molecule has 4 aromatic rings. The van der Waals surface area contributed by atoms with Gasteiger partial charge in [0.25, 0.3) is 0 Å². The van der Waals surface area contributed by atoms with Crippen LogP contribution in [0.2, 0.25) is 0 Å². The quantitative estimate of drug-likeness (QED) is 0.0182. The van der Waals surface area contributed by atoms with Gasteiger partial charge >= 0.3 is 11.9 Å². The third-order valence-corrected chi connectivity index (χ3v) is 13.1. The highest BCUT2D eigenvalue weighted by molar-refractivity contribution is 5.98. The van der Waals surface area contributed by atoms with Gasteiger partial charge in [-0.2, -0.15) is 5.10 Å². The van der Waals surface area contributed by atoms with E-state index in [0.29, 0.717) is 29.7 Å². The molecule has 1 aliphatic rings. The summed E-state index contributed by atoms with van der Waals surface area (Å²) >= 11 is 0. The van der Waals surface area contributed by atoms with Crippen LogP contribution in [0.5, 0.6) is 5.75 Å². The zero-order chi connectivity index (χ0) is 58.9. The van der Waals surface area contributed by atoms with Crippen LogP contribution in [-0.4, -0.2) is 161 Å². The average Bonchev–Trinajstić information content (AvgIpc) is 4.30. The molecule has 0 bridgehead atoms. The molecule has 17 N–H and O–H groups in total. The number of amides is 7. The van der Waals surface area contributed by atoms with Gasteiger partial charge in [-0.3, -0.25) is 48.9 Å². The van der Waals surface area contributed by atoms with Crippen LogP contribution in [-0.2, 0) is 62.4 Å². The number of hydrogen-bond donors (Lipinski definition) is 15. The van der Waals surface area contributed by atoms with Crippen molar-refractivity contribution in [1.29, 1.82) is 5.41 Å². The first-order chi connectivity index (χ1) is 38.1. The van der Waals surface area contributed by atoms with Crippen LogP contribution in [0.3, 0.4) is 0 Å². The second kappa shape index (κ2) is 32.1. The maximum absolute atomic E-state index is 14.6. The van der Waals surface area contributed by atoms with Crippen molar-refractivity contribution in [3.63, 3.8) is 0 Å². The van der Waals surface area contributed by atoms with E-state index >= 15 is 0 Å². The van der Waals surface area contributed by atoms with Crippen molar-refractivity contribution >= 4 is 59.2 Å². The topological polar surface area (TPSA) is 435 Å². The average molecular weight is 1110 g/mol. The van der Waals surface area contributed by atoms with E-state index < -0.39 is 120 Å². The van der Waals surface area contributed by atoms with Crippen LogP contribution in [0.1, 0.15) is 83.0 Å². The number of nitrogens with zero attached hydrogens (tertiary/aromatic N) is 3. The molecule has 7 amide bonds. The number of phenols is 1. The minimum atomic E-state index is -1.51. The highest BCUT2D eigenvalue weighted by Gasteiger charge is 2.41. The van der Waals surface area contributed by atoms with Crippen LogP contribution < -0.4 is 48.7 Å². The Labute approximate surface area is 462 Å². The predicted molar refractivity (Wildman–Crippen MR) is 290 cm³/mol. The van der Waals surface area contributed by atoms with Crippen LogP contribution in [0, 0.1) is 17.2 Å². The number of rotatable bonds is 29. The number of carbonyl (C=O) groups is 9. The number of likely N-dealkylation sites (tertiary alicyclic amines) is 1. The van der Waals surface area contributed by atoms with Gasteiger partial charge < -0.3 is 73.9 Å². The van der Waals surface area contributed by atoms with Crippen LogP contribution in [0.4, 0.5) is 0 Å². The smallest absolute Gasteiger partial charge is 0.326 e. The number of aliphatic carboxylic acids is 2. The summed E-state index contributed by atoms with van der Waals surface area (Å²) in [6.45, 7) is 6.96. The second-order valence-corrected chi connectivity index (χ2v) is 19.7. The number of imidazole rings is 1. The number of guanidine groups is 1. The number of aromatic amines is 2. The van der Waals surface area contributed by atoms with Gasteiger partial charge in [0.15, 0.2) is 5.96 Å². The van der Waals surface area contributed by atoms with Gasteiger partial charge in [-0.25, -0.2) is 9.78 Å². The third kappa shape index (κ3) is 20.8. The Morgan fingerprint density at radius 3 is 1.96 bits per heavy atom. The molecule has 0 radical (unpaired) electrons. The van der Waals surface area contributed by atoms with E-state index in [-0.39, 0.29) is 63.3 Å². The molecule has 5 rings (SSSR count). The number of carboxylic acid groups (broad SMARTS) is 2. The van der Waals surface area contributed by atoms with E-state index in [4.69, 9.17) is 22.0 Å². The second-order valence-electron chi connectivity index (χ2n) is 19.7. The number of H-pyrrole nitrogens is 2. The molecule has 2 aromatic heterocycles. The van der Waals surface area contributed by atoms with Crippen molar-refractivity contribution in [1.82, 2.24) is 62.3 Å². The molecule has 1 fully saturated rings. The number of carbonyl (C=O) groups excluding carboxylic acids is 7. The zero-order valence-corrected chi connectivity index (χ0v) is 45.1. The van der Waals surface area contributed by atoms with Crippen molar-refractivity contribution in [2.75, 3.05) is 13.1 Å². The van der Waals surface area contributed by atoms with Crippen molar-refractivity contribution in [3.8, 4) is 5.75 Å². The lowest BCUT2D eigenvalue weighted by Crippen LogP contribution is -2.62. The molecule has 0 aliphatic carbocycles. The molecule has 0 unspecified atom stereocenters. The lowest BCUT2D eigenvalue weighted by molar-refractivity contribution is -0.145. The lowest BCUT2D eigenvalue weighted by atomic mass is 9.96. The minimum Gasteiger partial charge on any atom is -0.508 e. The summed E-state index contributed by atoms with van der Waals surface area (Å²) in [5, 5.41) is 61.3. The minimum absolute atomic E-state index is 0.00272. The van der Waals surface area contributed by atoms with Gasteiger partial charge in [-0.1, -0.05) is 76.6 Å². The molecular weight excluding hydrogens is 1040 g/mol. The number of carboxylic acids is 2. The van der Waals surface area contributed by atoms with Gasteiger partial charge in [0, 0.05) is 56.6 Å². The van der Waals surface area contributed by atoms with Crippen LogP contribution >= 0.6 is 0 Å². The summed E-state index contributed by atoms with van der Waals surface area (Å²) in [7, 11) is 0. The summed E-state index contributed by atoms with van der Waals surface area (Å²) in [5.41, 5.74) is 12.8. The molecule has 0 saturated carbocycles. The number of aromatic nitrogens is 4. The Balaban J connectivity index is 0.00000260.